The number of Topliss-reactive ketones (excluding diaryl/α,β-unsaturated/α-hetero) is 1. The highest BCUT2D eigenvalue weighted by atomic mass is 19.1. The summed E-state index contributed by atoms with van der Waals surface area (Å²) in [6, 6.07) is 8.12. The van der Waals surface area contributed by atoms with Crippen molar-refractivity contribution in [3.63, 3.8) is 0 Å². The van der Waals surface area contributed by atoms with Crippen LogP contribution in [-0.2, 0) is 11.2 Å². The van der Waals surface area contributed by atoms with Gasteiger partial charge in [0.1, 0.15) is 5.82 Å². The smallest absolute Gasteiger partial charge is 0.243 e. The summed E-state index contributed by atoms with van der Waals surface area (Å²) in [6.07, 6.45) is 1.65. The van der Waals surface area contributed by atoms with Crippen LogP contribution in [0.1, 0.15) is 29.3 Å². The number of amides is 1. The topological polar surface area (TPSA) is 67.9 Å². The minimum atomic E-state index is -0.326. The Hall–Kier alpha value is -3.09. The van der Waals surface area contributed by atoms with Crippen molar-refractivity contribution < 1.29 is 23.5 Å². The van der Waals surface area contributed by atoms with Crippen molar-refractivity contribution in [2.24, 2.45) is 0 Å². The molecule has 0 saturated heterocycles. The number of halogens is 1. The Bertz CT molecular complexity index is 928. The molecule has 0 unspecified atom stereocenters. The molecule has 0 fully saturated rings. The highest BCUT2D eigenvalue weighted by Crippen LogP contribution is 2.37. The number of benzene rings is 2. The zero-order valence-electron chi connectivity index (χ0n) is 14.9. The Balaban J connectivity index is 1.56. The Morgan fingerprint density at radius 3 is 2.78 bits per heavy atom. The van der Waals surface area contributed by atoms with E-state index in [9.17, 15) is 14.0 Å². The van der Waals surface area contributed by atoms with Crippen molar-refractivity contribution in [2.45, 2.75) is 19.8 Å². The van der Waals surface area contributed by atoms with E-state index in [1.165, 1.54) is 13.0 Å². The largest absolute Gasteiger partial charge is 0.454 e. The van der Waals surface area contributed by atoms with E-state index < -0.39 is 0 Å². The first-order valence-corrected chi connectivity index (χ1v) is 8.79. The second-order valence-electron chi connectivity index (χ2n) is 6.63. The van der Waals surface area contributed by atoms with Gasteiger partial charge in [0, 0.05) is 18.2 Å². The maximum atomic E-state index is 14.3. The molecule has 7 heteroatoms. The first kappa shape index (κ1) is 17.3. The third kappa shape index (κ3) is 3.32. The van der Waals surface area contributed by atoms with Crippen molar-refractivity contribution in [1.29, 1.82) is 0 Å². The molecular weight excluding hydrogens is 351 g/mol. The minimum Gasteiger partial charge on any atom is -0.454 e. The maximum Gasteiger partial charge on any atom is 0.243 e. The van der Waals surface area contributed by atoms with Crippen molar-refractivity contribution in [2.75, 3.05) is 30.1 Å². The maximum absolute atomic E-state index is 14.3. The van der Waals surface area contributed by atoms with Crippen LogP contribution in [0.15, 0.2) is 30.3 Å². The number of hydrogen-bond donors (Lipinski definition) is 1. The number of nitrogens with zero attached hydrogens (tertiary/aromatic N) is 1. The van der Waals surface area contributed by atoms with Gasteiger partial charge in [-0.25, -0.2) is 4.39 Å². The summed E-state index contributed by atoms with van der Waals surface area (Å²) < 4.78 is 24.9. The summed E-state index contributed by atoms with van der Waals surface area (Å²) in [6.45, 7) is 2.10. The molecule has 2 heterocycles. The lowest BCUT2D eigenvalue weighted by molar-refractivity contribution is -0.115. The lowest BCUT2D eigenvalue weighted by atomic mass is 10.0. The number of fused-ring (bicyclic) bond motifs is 2. The summed E-state index contributed by atoms with van der Waals surface area (Å²) in [5, 5.41) is 2.76. The molecule has 4 rings (SSSR count). The third-order valence-electron chi connectivity index (χ3n) is 4.76. The summed E-state index contributed by atoms with van der Waals surface area (Å²) in [4.78, 5) is 26.3. The normalized spacial score (nSPS) is 14.7. The molecule has 1 amide bonds. The number of rotatable bonds is 4. The van der Waals surface area contributed by atoms with Crippen LogP contribution < -0.4 is 19.7 Å². The Kier molecular flexibility index (Phi) is 4.43. The van der Waals surface area contributed by atoms with Crippen LogP contribution in [0.4, 0.5) is 15.8 Å². The van der Waals surface area contributed by atoms with Crippen molar-refractivity contribution in [1.82, 2.24) is 0 Å². The van der Waals surface area contributed by atoms with E-state index in [0.717, 1.165) is 18.4 Å². The number of ether oxygens (including phenoxy) is 2. The molecule has 0 aliphatic carbocycles. The molecule has 2 aliphatic rings. The fourth-order valence-corrected chi connectivity index (χ4v) is 3.55. The van der Waals surface area contributed by atoms with Crippen molar-refractivity contribution in [3.05, 3.63) is 47.3 Å². The van der Waals surface area contributed by atoms with Gasteiger partial charge in [0.25, 0.3) is 0 Å². The Labute approximate surface area is 155 Å². The molecular formula is C20H19FN2O4. The molecule has 0 radical (unpaired) electrons. The SMILES string of the molecule is CC(=O)c1cc2c(cc1NC(=O)CN1CCCc3cccc(F)c31)OCO2. The monoisotopic (exact) mass is 370 g/mol. The van der Waals surface area contributed by atoms with Crippen LogP contribution in [0, 0.1) is 5.82 Å². The summed E-state index contributed by atoms with van der Waals surface area (Å²) in [7, 11) is 0. The minimum absolute atomic E-state index is 0.000278. The molecule has 27 heavy (non-hydrogen) atoms. The highest BCUT2D eigenvalue weighted by molar-refractivity contribution is 6.05. The predicted octanol–water partition coefficient (Wildman–Crippen LogP) is 3.15. The van der Waals surface area contributed by atoms with E-state index >= 15 is 0 Å². The summed E-state index contributed by atoms with van der Waals surface area (Å²) >= 11 is 0. The molecule has 6 nitrogen and oxygen atoms in total. The van der Waals surface area contributed by atoms with Crippen LogP contribution in [0.3, 0.4) is 0 Å². The van der Waals surface area contributed by atoms with Gasteiger partial charge in [0.2, 0.25) is 12.7 Å². The van der Waals surface area contributed by atoms with Gasteiger partial charge < -0.3 is 19.7 Å². The van der Waals surface area contributed by atoms with Gasteiger partial charge in [-0.1, -0.05) is 12.1 Å². The van der Waals surface area contributed by atoms with Crippen LogP contribution in [0.2, 0.25) is 0 Å². The molecule has 140 valence electrons. The quantitative estimate of drug-likeness (QED) is 0.838. The number of aryl methyl sites for hydroxylation is 1. The molecule has 0 atom stereocenters. The van der Waals surface area contributed by atoms with E-state index in [-0.39, 0.29) is 30.8 Å². The molecule has 1 N–H and O–H groups in total. The molecule has 0 spiro atoms. The van der Waals surface area contributed by atoms with Crippen LogP contribution in [-0.4, -0.2) is 31.6 Å². The number of carbonyl (C=O) groups is 2. The van der Waals surface area contributed by atoms with Gasteiger partial charge in [-0.2, -0.15) is 0 Å². The summed E-state index contributed by atoms with van der Waals surface area (Å²) in [5.74, 6) is 0.104. The molecule has 0 bridgehead atoms. The third-order valence-corrected chi connectivity index (χ3v) is 4.76. The van der Waals surface area contributed by atoms with Crippen molar-refractivity contribution >= 4 is 23.1 Å². The molecule has 2 aromatic rings. The second-order valence-corrected chi connectivity index (χ2v) is 6.63. The molecule has 0 saturated carbocycles. The number of anilines is 2. The van der Waals surface area contributed by atoms with E-state index in [4.69, 9.17) is 9.47 Å². The first-order valence-electron chi connectivity index (χ1n) is 8.79. The number of para-hydroxylation sites is 1. The lowest BCUT2D eigenvalue weighted by Crippen LogP contribution is -2.37. The number of ketones is 1. The van der Waals surface area contributed by atoms with Gasteiger partial charge in [-0.15, -0.1) is 0 Å². The fourth-order valence-electron chi connectivity index (χ4n) is 3.55. The summed E-state index contributed by atoms with van der Waals surface area (Å²) in [5.41, 5.74) is 2.10. The van der Waals surface area contributed by atoms with E-state index in [1.807, 2.05) is 6.07 Å². The second kappa shape index (κ2) is 6.90. The zero-order valence-corrected chi connectivity index (χ0v) is 14.9. The van der Waals surface area contributed by atoms with Crippen molar-refractivity contribution in [3.8, 4) is 11.5 Å². The average Bonchev–Trinajstić information content (AvgIpc) is 3.08. The number of carbonyl (C=O) groups excluding carboxylic acids is 2. The number of nitrogens with one attached hydrogen (secondary N) is 1. The Morgan fingerprint density at radius 2 is 2.00 bits per heavy atom. The zero-order chi connectivity index (χ0) is 19.0. The average molecular weight is 370 g/mol. The van der Waals surface area contributed by atoms with Crippen LogP contribution in [0.25, 0.3) is 0 Å². The molecule has 2 aromatic carbocycles. The first-order chi connectivity index (χ1) is 13.0. The van der Waals surface area contributed by atoms with Crippen LogP contribution in [0.5, 0.6) is 11.5 Å². The fraction of sp³-hybridized carbons (Fsp3) is 0.300. The van der Waals surface area contributed by atoms with Gasteiger partial charge in [-0.3, -0.25) is 9.59 Å². The predicted molar refractivity (Wildman–Crippen MR) is 98.1 cm³/mol. The number of hydrogen-bond acceptors (Lipinski definition) is 5. The molecule has 2 aliphatic heterocycles. The standard InChI is InChI=1S/C20H19FN2O4/c1-12(24)14-8-17-18(27-11-26-17)9-16(14)22-19(25)10-23-7-3-5-13-4-2-6-15(21)20(13)23/h2,4,6,8-9H,3,5,7,10-11H2,1H3,(H,22,25). The molecule has 0 aromatic heterocycles. The van der Waals surface area contributed by atoms with E-state index in [2.05, 4.69) is 5.32 Å². The van der Waals surface area contributed by atoms with Gasteiger partial charge >= 0.3 is 0 Å². The Morgan fingerprint density at radius 1 is 1.22 bits per heavy atom. The van der Waals surface area contributed by atoms with Gasteiger partial charge in [0.15, 0.2) is 17.3 Å². The van der Waals surface area contributed by atoms with Crippen LogP contribution >= 0.6 is 0 Å². The highest BCUT2D eigenvalue weighted by Gasteiger charge is 2.24. The lowest BCUT2D eigenvalue weighted by Gasteiger charge is -2.31. The van der Waals surface area contributed by atoms with E-state index in [0.29, 0.717) is 35.0 Å². The van der Waals surface area contributed by atoms with E-state index in [1.54, 1.807) is 23.1 Å². The van der Waals surface area contributed by atoms with Gasteiger partial charge in [0.05, 0.1) is 17.9 Å². The van der Waals surface area contributed by atoms with Gasteiger partial charge in [-0.05, 0) is 37.5 Å².